The second kappa shape index (κ2) is 12.1. The zero-order valence-electron chi connectivity index (χ0n) is 19.8. The molecule has 11 nitrogen and oxygen atoms in total. The zero-order chi connectivity index (χ0) is 25.3. The first-order chi connectivity index (χ1) is 17.5. The van der Waals surface area contributed by atoms with Gasteiger partial charge < -0.3 is 25.3 Å². The molecule has 3 aromatic rings. The SMILES string of the molecule is Nc1cccc(OCCOCCOCCNc2ccc3c(=O)n(C4CCC(=O)NC4=O)ncc3c2)c1. The van der Waals surface area contributed by atoms with Gasteiger partial charge in [-0.1, -0.05) is 6.07 Å². The molecule has 1 saturated heterocycles. The van der Waals surface area contributed by atoms with E-state index in [1.165, 1.54) is 0 Å². The zero-order valence-corrected chi connectivity index (χ0v) is 19.8. The summed E-state index contributed by atoms with van der Waals surface area (Å²) in [6.07, 6.45) is 1.99. The van der Waals surface area contributed by atoms with E-state index in [0.29, 0.717) is 61.8 Å². The summed E-state index contributed by atoms with van der Waals surface area (Å²) in [6, 6.07) is 11.8. The van der Waals surface area contributed by atoms with Gasteiger partial charge in [0.2, 0.25) is 5.91 Å². The number of rotatable bonds is 12. The minimum Gasteiger partial charge on any atom is -0.491 e. The highest BCUT2D eigenvalue weighted by molar-refractivity contribution is 5.99. The molecule has 2 amide bonds. The molecule has 1 aromatic heterocycles. The molecule has 1 aliphatic rings. The van der Waals surface area contributed by atoms with Crippen molar-refractivity contribution in [2.75, 3.05) is 50.6 Å². The number of fused-ring (bicyclic) bond motifs is 1. The van der Waals surface area contributed by atoms with E-state index in [9.17, 15) is 14.4 Å². The third kappa shape index (κ3) is 6.58. The topological polar surface area (TPSA) is 147 Å². The molecule has 11 heteroatoms. The second-order valence-corrected chi connectivity index (χ2v) is 8.24. The van der Waals surface area contributed by atoms with E-state index in [1.807, 2.05) is 18.2 Å². The largest absolute Gasteiger partial charge is 0.491 e. The Morgan fingerprint density at radius 1 is 1.03 bits per heavy atom. The number of nitrogens with one attached hydrogen (secondary N) is 2. The van der Waals surface area contributed by atoms with Gasteiger partial charge in [0.05, 0.1) is 38.0 Å². The van der Waals surface area contributed by atoms with Crippen molar-refractivity contribution in [3.05, 3.63) is 59.0 Å². The smallest absolute Gasteiger partial charge is 0.275 e. The molecule has 1 aliphatic heterocycles. The van der Waals surface area contributed by atoms with Crippen molar-refractivity contribution in [3.63, 3.8) is 0 Å². The number of nitrogens with zero attached hydrogens (tertiary/aromatic N) is 2. The van der Waals surface area contributed by atoms with Crippen molar-refractivity contribution < 1.29 is 23.8 Å². The molecule has 0 spiro atoms. The summed E-state index contributed by atoms with van der Waals surface area (Å²) in [4.78, 5) is 36.3. The first-order valence-corrected chi connectivity index (χ1v) is 11.7. The van der Waals surface area contributed by atoms with Crippen LogP contribution in [0.3, 0.4) is 0 Å². The Bertz CT molecular complexity index is 1280. The van der Waals surface area contributed by atoms with Crippen LogP contribution in [-0.4, -0.2) is 61.2 Å². The number of imide groups is 1. The second-order valence-electron chi connectivity index (χ2n) is 8.24. The van der Waals surface area contributed by atoms with Crippen LogP contribution in [0.5, 0.6) is 5.75 Å². The molecule has 4 N–H and O–H groups in total. The molecule has 2 aromatic carbocycles. The number of piperidine rings is 1. The van der Waals surface area contributed by atoms with Crippen LogP contribution in [-0.2, 0) is 19.1 Å². The Hall–Kier alpha value is -3.96. The first-order valence-electron chi connectivity index (χ1n) is 11.7. The number of anilines is 2. The predicted octanol–water partition coefficient (Wildman–Crippen LogP) is 1.48. The molecule has 4 rings (SSSR count). The molecule has 0 bridgehead atoms. The molecule has 1 unspecified atom stereocenters. The lowest BCUT2D eigenvalue weighted by Gasteiger charge is -2.21. The maximum absolute atomic E-state index is 12.8. The fraction of sp³-hybridized carbons (Fsp3) is 0.360. The number of nitrogens with two attached hydrogens (primary N) is 1. The number of aromatic nitrogens is 2. The Morgan fingerprint density at radius 2 is 1.83 bits per heavy atom. The lowest BCUT2D eigenvalue weighted by molar-refractivity contribution is -0.136. The maximum Gasteiger partial charge on any atom is 0.275 e. The number of benzene rings is 2. The van der Waals surface area contributed by atoms with Crippen LogP contribution in [0.1, 0.15) is 18.9 Å². The van der Waals surface area contributed by atoms with Gasteiger partial charge in [-0.25, -0.2) is 4.68 Å². The summed E-state index contributed by atoms with van der Waals surface area (Å²) in [7, 11) is 0. The van der Waals surface area contributed by atoms with Crippen LogP contribution in [0.25, 0.3) is 10.8 Å². The van der Waals surface area contributed by atoms with Gasteiger partial charge in [-0.15, -0.1) is 0 Å². The quantitative estimate of drug-likeness (QED) is 0.193. The number of carbonyl (C=O) groups is 2. The van der Waals surface area contributed by atoms with Gasteiger partial charge in [0.15, 0.2) is 0 Å². The van der Waals surface area contributed by atoms with Crippen LogP contribution in [0.2, 0.25) is 0 Å². The van der Waals surface area contributed by atoms with E-state index in [4.69, 9.17) is 19.9 Å². The molecular weight excluding hydrogens is 466 g/mol. The van der Waals surface area contributed by atoms with E-state index in [2.05, 4.69) is 15.7 Å². The van der Waals surface area contributed by atoms with Gasteiger partial charge in [-0.05, 0) is 36.8 Å². The Morgan fingerprint density at radius 3 is 2.64 bits per heavy atom. The Kier molecular flexibility index (Phi) is 8.48. The summed E-state index contributed by atoms with van der Waals surface area (Å²) >= 11 is 0. The predicted molar refractivity (Wildman–Crippen MR) is 134 cm³/mol. The molecule has 0 radical (unpaired) electrons. The van der Waals surface area contributed by atoms with Crippen LogP contribution in [0, 0.1) is 0 Å². The van der Waals surface area contributed by atoms with Crippen LogP contribution in [0.15, 0.2) is 53.5 Å². The van der Waals surface area contributed by atoms with E-state index in [1.54, 1.807) is 30.5 Å². The van der Waals surface area contributed by atoms with Gasteiger partial charge in [0, 0.05) is 35.8 Å². The summed E-state index contributed by atoms with van der Waals surface area (Å²) < 4.78 is 17.8. The van der Waals surface area contributed by atoms with Crippen molar-refractivity contribution in [1.82, 2.24) is 15.1 Å². The minimum absolute atomic E-state index is 0.179. The molecule has 0 saturated carbocycles. The normalized spacial score (nSPS) is 15.6. The summed E-state index contributed by atoms with van der Waals surface area (Å²) in [5, 5.41) is 10.8. The lowest BCUT2D eigenvalue weighted by atomic mass is 10.1. The van der Waals surface area contributed by atoms with Crippen LogP contribution < -0.4 is 26.7 Å². The van der Waals surface area contributed by atoms with Gasteiger partial charge >= 0.3 is 0 Å². The highest BCUT2D eigenvalue weighted by Crippen LogP contribution is 2.19. The van der Waals surface area contributed by atoms with E-state index < -0.39 is 11.9 Å². The van der Waals surface area contributed by atoms with Crippen LogP contribution >= 0.6 is 0 Å². The highest BCUT2D eigenvalue weighted by atomic mass is 16.5. The highest BCUT2D eigenvalue weighted by Gasteiger charge is 2.29. The van der Waals surface area contributed by atoms with Gasteiger partial charge in [0.25, 0.3) is 11.5 Å². The number of hydrogen-bond acceptors (Lipinski definition) is 9. The van der Waals surface area contributed by atoms with E-state index >= 15 is 0 Å². The van der Waals surface area contributed by atoms with E-state index in [0.717, 1.165) is 10.4 Å². The third-order valence-corrected chi connectivity index (χ3v) is 5.62. The number of hydrogen-bond donors (Lipinski definition) is 3. The molecule has 0 aliphatic carbocycles. The third-order valence-electron chi connectivity index (χ3n) is 5.62. The van der Waals surface area contributed by atoms with Crippen molar-refractivity contribution in [3.8, 4) is 5.75 Å². The molecule has 190 valence electrons. The number of carbonyl (C=O) groups excluding carboxylic acids is 2. The molecular formula is C25H29N5O6. The summed E-state index contributed by atoms with van der Waals surface area (Å²) in [5.41, 5.74) is 6.82. The number of nitrogen functional groups attached to an aromatic ring is 1. The van der Waals surface area contributed by atoms with Gasteiger partial charge in [-0.3, -0.25) is 19.7 Å². The summed E-state index contributed by atoms with van der Waals surface area (Å²) in [6.45, 7) is 2.86. The first kappa shape index (κ1) is 25.1. The minimum atomic E-state index is -0.783. The Balaban J connectivity index is 1.15. The van der Waals surface area contributed by atoms with Crippen molar-refractivity contribution in [2.45, 2.75) is 18.9 Å². The monoisotopic (exact) mass is 495 g/mol. The van der Waals surface area contributed by atoms with Gasteiger partial charge in [-0.2, -0.15) is 5.10 Å². The van der Waals surface area contributed by atoms with Crippen molar-refractivity contribution in [2.24, 2.45) is 0 Å². The van der Waals surface area contributed by atoms with Crippen LogP contribution in [0.4, 0.5) is 11.4 Å². The molecule has 2 heterocycles. The standard InChI is InChI=1S/C25H29N5O6/c26-18-2-1-3-20(15-18)36-13-12-35-11-10-34-9-8-27-19-4-5-21-17(14-19)16-28-30(25(21)33)22-6-7-23(31)29-24(22)32/h1-5,14-16,22,27H,6-13,26H2,(H,29,31,32). The van der Waals surface area contributed by atoms with Gasteiger partial charge in [0.1, 0.15) is 18.4 Å². The number of amides is 2. The summed E-state index contributed by atoms with van der Waals surface area (Å²) in [5.74, 6) is -0.127. The van der Waals surface area contributed by atoms with Crippen molar-refractivity contribution >= 4 is 34.0 Å². The molecule has 1 atom stereocenters. The molecule has 36 heavy (non-hydrogen) atoms. The number of ether oxygens (including phenoxy) is 3. The van der Waals surface area contributed by atoms with E-state index in [-0.39, 0.29) is 24.3 Å². The Labute approximate surface area is 207 Å². The molecule has 1 fully saturated rings. The average Bonchev–Trinajstić information content (AvgIpc) is 2.86. The lowest BCUT2D eigenvalue weighted by Crippen LogP contribution is -2.45. The maximum atomic E-state index is 12.8. The van der Waals surface area contributed by atoms with Crippen molar-refractivity contribution in [1.29, 1.82) is 0 Å². The average molecular weight is 496 g/mol. The fourth-order valence-corrected chi connectivity index (χ4v) is 3.82. The fourth-order valence-electron chi connectivity index (χ4n) is 3.82.